The van der Waals surface area contributed by atoms with E-state index in [0.29, 0.717) is 10.9 Å². The lowest BCUT2D eigenvalue weighted by Crippen LogP contribution is -2.26. The summed E-state index contributed by atoms with van der Waals surface area (Å²) in [5.41, 5.74) is 1.35. The fraction of sp³-hybridized carbons (Fsp3) is 0.211. The molecule has 0 atom stereocenters. The number of nitrogens with zero attached hydrogens (tertiary/aromatic N) is 2. The predicted molar refractivity (Wildman–Crippen MR) is 91.8 cm³/mol. The van der Waals surface area contributed by atoms with Gasteiger partial charge in [-0.25, -0.2) is 19.2 Å². The van der Waals surface area contributed by atoms with Crippen LogP contribution in [0.3, 0.4) is 0 Å². The van der Waals surface area contributed by atoms with E-state index in [2.05, 4.69) is 9.97 Å². The molecule has 0 fully saturated rings. The Labute approximate surface area is 144 Å². The molecule has 0 aliphatic carbocycles. The molecule has 2 aromatic carbocycles. The number of benzene rings is 2. The van der Waals surface area contributed by atoms with Crippen molar-refractivity contribution in [2.24, 2.45) is 0 Å². The van der Waals surface area contributed by atoms with Crippen molar-refractivity contribution in [1.82, 2.24) is 9.97 Å². The molecule has 0 radical (unpaired) electrons. The van der Waals surface area contributed by atoms with E-state index >= 15 is 0 Å². The van der Waals surface area contributed by atoms with E-state index in [1.54, 1.807) is 45.2 Å². The smallest absolute Gasteiger partial charge is 0.428 e. The molecule has 0 aliphatic heterocycles. The van der Waals surface area contributed by atoms with Gasteiger partial charge in [-0.15, -0.1) is 0 Å². The van der Waals surface area contributed by atoms with Gasteiger partial charge in [-0.3, -0.25) is 0 Å². The summed E-state index contributed by atoms with van der Waals surface area (Å²) in [4.78, 5) is 20.2. The van der Waals surface area contributed by atoms with Crippen molar-refractivity contribution in [3.63, 3.8) is 0 Å². The number of aromatic nitrogens is 2. The second kappa shape index (κ2) is 6.47. The zero-order chi connectivity index (χ0) is 18.0. The molecule has 1 heterocycles. The van der Waals surface area contributed by atoms with Gasteiger partial charge in [0.15, 0.2) is 5.75 Å². The van der Waals surface area contributed by atoms with E-state index in [-0.39, 0.29) is 11.6 Å². The number of hydrogen-bond acceptors (Lipinski definition) is 5. The average molecular weight is 340 g/mol. The molecule has 0 spiro atoms. The van der Waals surface area contributed by atoms with Crippen molar-refractivity contribution in [2.75, 3.05) is 0 Å². The Kier molecular flexibility index (Phi) is 4.35. The van der Waals surface area contributed by atoms with Crippen LogP contribution in [0.1, 0.15) is 20.8 Å². The van der Waals surface area contributed by atoms with Crippen molar-refractivity contribution in [2.45, 2.75) is 26.4 Å². The van der Waals surface area contributed by atoms with Crippen LogP contribution in [0.25, 0.3) is 22.0 Å². The first-order valence-electron chi connectivity index (χ1n) is 7.72. The summed E-state index contributed by atoms with van der Waals surface area (Å²) in [6, 6.07) is 9.57. The van der Waals surface area contributed by atoms with Gasteiger partial charge in [0.05, 0.1) is 0 Å². The van der Waals surface area contributed by atoms with Crippen LogP contribution < -0.4 is 4.74 Å². The summed E-state index contributed by atoms with van der Waals surface area (Å²) in [5.74, 6) is -0.0634. The summed E-state index contributed by atoms with van der Waals surface area (Å²) in [7, 11) is 0. The highest BCUT2D eigenvalue weighted by molar-refractivity contribution is 5.90. The molecule has 1 aromatic heterocycles. The van der Waals surface area contributed by atoms with Crippen molar-refractivity contribution >= 4 is 17.1 Å². The topological polar surface area (TPSA) is 61.3 Å². The highest BCUT2D eigenvalue weighted by atomic mass is 19.1. The van der Waals surface area contributed by atoms with E-state index in [1.807, 2.05) is 6.07 Å². The zero-order valence-corrected chi connectivity index (χ0v) is 14.1. The molecule has 0 bridgehead atoms. The molecule has 0 N–H and O–H groups in total. The minimum atomic E-state index is -0.816. The SMILES string of the molecule is CC(C)(C)OC(=O)Oc1cc(-c2ccc(F)cc2)cc2cncnc12. The Morgan fingerprint density at radius 1 is 1.08 bits per heavy atom. The Balaban J connectivity index is 2.04. The monoisotopic (exact) mass is 340 g/mol. The summed E-state index contributed by atoms with van der Waals surface area (Å²) >= 11 is 0. The first-order valence-corrected chi connectivity index (χ1v) is 7.72. The molecule has 128 valence electrons. The van der Waals surface area contributed by atoms with Crippen LogP contribution in [-0.4, -0.2) is 21.7 Å². The number of ether oxygens (including phenoxy) is 2. The third-order valence-electron chi connectivity index (χ3n) is 3.33. The molecule has 6 heteroatoms. The van der Waals surface area contributed by atoms with Crippen LogP contribution in [0.15, 0.2) is 48.9 Å². The molecular formula is C19H17FN2O3. The van der Waals surface area contributed by atoms with Crippen molar-refractivity contribution < 1.29 is 18.7 Å². The molecule has 25 heavy (non-hydrogen) atoms. The lowest BCUT2D eigenvalue weighted by molar-refractivity contribution is 0.0209. The van der Waals surface area contributed by atoms with E-state index in [9.17, 15) is 9.18 Å². The summed E-state index contributed by atoms with van der Waals surface area (Å²) in [5, 5.41) is 0.697. The quantitative estimate of drug-likeness (QED) is 0.498. The maximum Gasteiger partial charge on any atom is 0.514 e. The summed E-state index contributed by atoms with van der Waals surface area (Å²) in [6.07, 6.45) is 2.18. The van der Waals surface area contributed by atoms with Crippen LogP contribution in [0.5, 0.6) is 5.75 Å². The molecule has 0 amide bonds. The van der Waals surface area contributed by atoms with Crippen LogP contribution >= 0.6 is 0 Å². The first kappa shape index (κ1) is 16.8. The van der Waals surface area contributed by atoms with E-state index in [4.69, 9.17) is 9.47 Å². The summed E-state index contributed by atoms with van der Waals surface area (Å²) in [6.45, 7) is 5.26. The maximum atomic E-state index is 13.2. The highest BCUT2D eigenvalue weighted by Crippen LogP contribution is 2.31. The van der Waals surface area contributed by atoms with Crippen molar-refractivity contribution in [3.8, 4) is 16.9 Å². The van der Waals surface area contributed by atoms with Crippen LogP contribution in [-0.2, 0) is 4.74 Å². The van der Waals surface area contributed by atoms with Crippen LogP contribution in [0, 0.1) is 5.82 Å². The zero-order valence-electron chi connectivity index (χ0n) is 14.1. The van der Waals surface area contributed by atoms with Gasteiger partial charge in [-0.2, -0.15) is 0 Å². The number of hydrogen-bond donors (Lipinski definition) is 0. The number of carbonyl (C=O) groups is 1. The lowest BCUT2D eigenvalue weighted by atomic mass is 10.0. The van der Waals surface area contributed by atoms with Gasteiger partial charge in [0.2, 0.25) is 0 Å². The second-order valence-corrected chi connectivity index (χ2v) is 6.51. The standard InChI is InChI=1S/C19H17FN2O3/c1-19(2,3)25-18(23)24-16-9-13(12-4-6-15(20)7-5-12)8-14-10-21-11-22-17(14)16/h4-11H,1-3H3. The van der Waals surface area contributed by atoms with Gasteiger partial charge in [-0.05, 0) is 56.2 Å². The van der Waals surface area contributed by atoms with Crippen LogP contribution in [0.2, 0.25) is 0 Å². The minimum Gasteiger partial charge on any atom is -0.428 e. The van der Waals surface area contributed by atoms with Crippen molar-refractivity contribution in [3.05, 3.63) is 54.7 Å². The average Bonchev–Trinajstić information content (AvgIpc) is 2.53. The Morgan fingerprint density at radius 3 is 2.48 bits per heavy atom. The fourth-order valence-corrected chi connectivity index (χ4v) is 2.32. The number of halogens is 1. The maximum absolute atomic E-state index is 13.2. The highest BCUT2D eigenvalue weighted by Gasteiger charge is 2.20. The third kappa shape index (κ3) is 4.09. The van der Waals surface area contributed by atoms with E-state index in [0.717, 1.165) is 11.1 Å². The third-order valence-corrected chi connectivity index (χ3v) is 3.33. The Hall–Kier alpha value is -3.02. The second-order valence-electron chi connectivity index (χ2n) is 6.51. The van der Waals surface area contributed by atoms with Gasteiger partial charge in [0, 0.05) is 11.6 Å². The van der Waals surface area contributed by atoms with E-state index in [1.165, 1.54) is 18.5 Å². The molecule has 3 aromatic rings. The summed E-state index contributed by atoms with van der Waals surface area (Å²) < 4.78 is 23.7. The minimum absolute atomic E-state index is 0.258. The predicted octanol–water partition coefficient (Wildman–Crippen LogP) is 4.75. The molecule has 0 saturated heterocycles. The Bertz CT molecular complexity index is 918. The molecule has 0 unspecified atom stereocenters. The van der Waals surface area contributed by atoms with Gasteiger partial charge in [-0.1, -0.05) is 12.1 Å². The molecular weight excluding hydrogens is 323 g/mol. The molecule has 0 saturated carbocycles. The number of rotatable bonds is 2. The largest absolute Gasteiger partial charge is 0.514 e. The van der Waals surface area contributed by atoms with E-state index < -0.39 is 11.8 Å². The van der Waals surface area contributed by atoms with Gasteiger partial charge < -0.3 is 9.47 Å². The van der Waals surface area contributed by atoms with Gasteiger partial charge >= 0.3 is 6.16 Å². The first-order chi connectivity index (χ1) is 11.8. The lowest BCUT2D eigenvalue weighted by Gasteiger charge is -2.19. The van der Waals surface area contributed by atoms with Crippen molar-refractivity contribution in [1.29, 1.82) is 0 Å². The number of fused-ring (bicyclic) bond motifs is 1. The Morgan fingerprint density at radius 2 is 1.80 bits per heavy atom. The fourth-order valence-electron chi connectivity index (χ4n) is 2.32. The van der Waals surface area contributed by atoms with Gasteiger partial charge in [0.25, 0.3) is 0 Å². The number of carbonyl (C=O) groups excluding carboxylic acids is 1. The van der Waals surface area contributed by atoms with Crippen LogP contribution in [0.4, 0.5) is 9.18 Å². The molecule has 5 nitrogen and oxygen atoms in total. The normalized spacial score (nSPS) is 11.4. The molecule has 0 aliphatic rings. The van der Waals surface area contributed by atoms with Gasteiger partial charge in [0.1, 0.15) is 23.3 Å². The molecule has 3 rings (SSSR count).